The molecular weight excluding hydrogens is 268 g/mol. The molecule has 0 unspecified atom stereocenters. The van der Waals surface area contributed by atoms with Gasteiger partial charge in [0.25, 0.3) is 0 Å². The molecule has 100 valence electrons. The standard InChI is InChI=1S/C13H12O5S/c1-18-11-7-9(14)8-12(13(11)15)19(16,17)10-5-3-2-4-6-10/h2-8,14-15H,1H3. The number of phenolic OH excluding ortho intramolecular Hbond substituents is 2. The molecule has 0 saturated carbocycles. The first-order chi connectivity index (χ1) is 8.96. The Kier molecular flexibility index (Phi) is 3.35. The van der Waals surface area contributed by atoms with Crippen molar-refractivity contribution in [3.8, 4) is 17.2 Å². The summed E-state index contributed by atoms with van der Waals surface area (Å²) in [5, 5.41) is 19.4. The number of sulfone groups is 1. The van der Waals surface area contributed by atoms with Gasteiger partial charge in [-0.3, -0.25) is 0 Å². The largest absolute Gasteiger partial charge is 0.508 e. The summed E-state index contributed by atoms with van der Waals surface area (Å²) in [6.07, 6.45) is 0. The number of ether oxygens (including phenoxy) is 1. The van der Waals surface area contributed by atoms with E-state index in [-0.39, 0.29) is 16.4 Å². The van der Waals surface area contributed by atoms with Gasteiger partial charge in [-0.15, -0.1) is 0 Å². The Morgan fingerprint density at radius 1 is 1.05 bits per heavy atom. The van der Waals surface area contributed by atoms with Gasteiger partial charge in [0.1, 0.15) is 10.6 Å². The highest BCUT2D eigenvalue weighted by Gasteiger charge is 2.24. The molecular formula is C13H12O5S. The molecule has 0 bridgehead atoms. The minimum absolute atomic E-state index is 0.0259. The summed E-state index contributed by atoms with van der Waals surface area (Å²) >= 11 is 0. The smallest absolute Gasteiger partial charge is 0.210 e. The van der Waals surface area contributed by atoms with Gasteiger partial charge >= 0.3 is 0 Å². The zero-order chi connectivity index (χ0) is 14.0. The molecule has 5 nitrogen and oxygen atoms in total. The molecule has 2 N–H and O–H groups in total. The summed E-state index contributed by atoms with van der Waals surface area (Å²) in [5.74, 6) is -0.928. The molecule has 2 aromatic rings. The maximum absolute atomic E-state index is 12.3. The zero-order valence-corrected chi connectivity index (χ0v) is 10.9. The van der Waals surface area contributed by atoms with Crippen LogP contribution >= 0.6 is 0 Å². The number of aromatic hydroxyl groups is 2. The summed E-state index contributed by atoms with van der Waals surface area (Å²) < 4.78 is 29.5. The number of methoxy groups -OCH3 is 1. The summed E-state index contributed by atoms with van der Waals surface area (Å²) in [6, 6.07) is 9.77. The molecule has 0 spiro atoms. The van der Waals surface area contributed by atoms with Crippen LogP contribution in [0.5, 0.6) is 17.2 Å². The van der Waals surface area contributed by atoms with Crippen LogP contribution in [-0.2, 0) is 9.84 Å². The minimum Gasteiger partial charge on any atom is -0.508 e. The quantitative estimate of drug-likeness (QED) is 0.839. The first kappa shape index (κ1) is 13.2. The predicted molar refractivity (Wildman–Crippen MR) is 68.2 cm³/mol. The Labute approximate surface area is 110 Å². The van der Waals surface area contributed by atoms with Crippen LogP contribution in [0.15, 0.2) is 52.3 Å². The molecule has 2 aromatic carbocycles. The molecule has 0 saturated heterocycles. The van der Waals surface area contributed by atoms with Gasteiger partial charge in [0, 0.05) is 12.1 Å². The van der Waals surface area contributed by atoms with Gasteiger partial charge in [0.2, 0.25) is 9.84 Å². The summed E-state index contributed by atoms with van der Waals surface area (Å²) in [4.78, 5) is -0.367. The van der Waals surface area contributed by atoms with Crippen LogP contribution in [0.1, 0.15) is 0 Å². The van der Waals surface area contributed by atoms with Gasteiger partial charge in [-0.25, -0.2) is 8.42 Å². The highest BCUT2D eigenvalue weighted by molar-refractivity contribution is 7.91. The fourth-order valence-corrected chi connectivity index (χ4v) is 3.06. The van der Waals surface area contributed by atoms with E-state index in [4.69, 9.17) is 4.74 Å². The summed E-state index contributed by atoms with van der Waals surface area (Å²) in [5.41, 5.74) is 0. The third-order valence-electron chi connectivity index (χ3n) is 2.59. The molecule has 0 aliphatic carbocycles. The molecule has 0 fully saturated rings. The molecule has 0 atom stereocenters. The summed E-state index contributed by atoms with van der Waals surface area (Å²) in [6.45, 7) is 0. The lowest BCUT2D eigenvalue weighted by Gasteiger charge is -2.10. The van der Waals surface area contributed by atoms with Crippen molar-refractivity contribution in [2.75, 3.05) is 7.11 Å². The lowest BCUT2D eigenvalue weighted by atomic mass is 10.3. The lowest BCUT2D eigenvalue weighted by Crippen LogP contribution is -2.03. The van der Waals surface area contributed by atoms with Crippen LogP contribution in [0.4, 0.5) is 0 Å². The lowest BCUT2D eigenvalue weighted by molar-refractivity contribution is 0.361. The van der Waals surface area contributed by atoms with E-state index in [1.807, 2.05) is 0 Å². The summed E-state index contributed by atoms with van der Waals surface area (Å²) in [7, 11) is -2.64. The van der Waals surface area contributed by atoms with Crippen LogP contribution in [0.2, 0.25) is 0 Å². The molecule has 19 heavy (non-hydrogen) atoms. The highest BCUT2D eigenvalue weighted by Crippen LogP contribution is 2.39. The van der Waals surface area contributed by atoms with E-state index in [1.54, 1.807) is 18.2 Å². The Bertz CT molecular complexity index is 692. The van der Waals surface area contributed by atoms with Gasteiger partial charge in [-0.05, 0) is 12.1 Å². The van der Waals surface area contributed by atoms with Crippen LogP contribution in [0, 0.1) is 0 Å². The van der Waals surface area contributed by atoms with Gasteiger partial charge in [-0.2, -0.15) is 0 Å². The van der Waals surface area contributed by atoms with Gasteiger partial charge in [0.05, 0.1) is 12.0 Å². The second-order valence-electron chi connectivity index (χ2n) is 3.81. The first-order valence-corrected chi connectivity index (χ1v) is 6.85. The monoisotopic (exact) mass is 280 g/mol. The van der Waals surface area contributed by atoms with E-state index in [2.05, 4.69) is 0 Å². The number of rotatable bonds is 3. The minimum atomic E-state index is -3.91. The molecule has 0 aliphatic rings. The Hall–Kier alpha value is -2.21. The average Bonchev–Trinajstić information content (AvgIpc) is 2.41. The Morgan fingerprint density at radius 3 is 2.26 bits per heavy atom. The van der Waals surface area contributed by atoms with Crippen molar-refractivity contribution in [1.82, 2.24) is 0 Å². The van der Waals surface area contributed by atoms with E-state index < -0.39 is 20.5 Å². The molecule has 0 aromatic heterocycles. The van der Waals surface area contributed by atoms with Gasteiger partial charge < -0.3 is 14.9 Å². The molecule has 0 heterocycles. The molecule has 6 heteroatoms. The Morgan fingerprint density at radius 2 is 1.68 bits per heavy atom. The first-order valence-electron chi connectivity index (χ1n) is 5.37. The number of benzene rings is 2. The van der Waals surface area contributed by atoms with Crippen LogP contribution in [0.25, 0.3) is 0 Å². The fourth-order valence-electron chi connectivity index (χ4n) is 1.66. The third-order valence-corrected chi connectivity index (χ3v) is 4.37. The van der Waals surface area contributed by atoms with Crippen LogP contribution < -0.4 is 4.74 Å². The van der Waals surface area contributed by atoms with Crippen molar-refractivity contribution in [2.24, 2.45) is 0 Å². The van der Waals surface area contributed by atoms with E-state index in [9.17, 15) is 18.6 Å². The second kappa shape index (κ2) is 4.81. The predicted octanol–water partition coefficient (Wildman–Crippen LogP) is 1.94. The third kappa shape index (κ3) is 2.34. The van der Waals surface area contributed by atoms with E-state index >= 15 is 0 Å². The fraction of sp³-hybridized carbons (Fsp3) is 0.0769. The van der Waals surface area contributed by atoms with E-state index in [0.29, 0.717) is 0 Å². The van der Waals surface area contributed by atoms with Crippen molar-refractivity contribution in [3.05, 3.63) is 42.5 Å². The van der Waals surface area contributed by atoms with E-state index in [0.717, 1.165) is 12.1 Å². The molecule has 0 amide bonds. The second-order valence-corrected chi connectivity index (χ2v) is 5.73. The van der Waals surface area contributed by atoms with Crippen molar-refractivity contribution in [3.63, 3.8) is 0 Å². The molecule has 0 aliphatic heterocycles. The zero-order valence-electron chi connectivity index (χ0n) is 10.1. The van der Waals surface area contributed by atoms with Crippen LogP contribution in [-0.4, -0.2) is 25.7 Å². The maximum atomic E-state index is 12.3. The average molecular weight is 280 g/mol. The number of hydrogen-bond donors (Lipinski definition) is 2. The van der Waals surface area contributed by atoms with Gasteiger partial charge in [0.15, 0.2) is 11.5 Å². The van der Waals surface area contributed by atoms with Gasteiger partial charge in [-0.1, -0.05) is 18.2 Å². The normalized spacial score (nSPS) is 11.2. The van der Waals surface area contributed by atoms with Crippen molar-refractivity contribution in [1.29, 1.82) is 0 Å². The van der Waals surface area contributed by atoms with Crippen molar-refractivity contribution >= 4 is 9.84 Å². The molecule has 2 rings (SSSR count). The SMILES string of the molecule is COc1cc(O)cc(S(=O)(=O)c2ccccc2)c1O. The van der Waals surface area contributed by atoms with Crippen LogP contribution in [0.3, 0.4) is 0 Å². The Balaban J connectivity index is 2.69. The van der Waals surface area contributed by atoms with Crippen molar-refractivity contribution < 1.29 is 23.4 Å². The van der Waals surface area contributed by atoms with Crippen molar-refractivity contribution in [2.45, 2.75) is 9.79 Å². The van der Waals surface area contributed by atoms with E-state index in [1.165, 1.54) is 19.2 Å². The topological polar surface area (TPSA) is 83.8 Å². The maximum Gasteiger partial charge on any atom is 0.210 e. The number of hydrogen-bond acceptors (Lipinski definition) is 5. The number of phenols is 2. The molecule has 0 radical (unpaired) electrons. The highest BCUT2D eigenvalue weighted by atomic mass is 32.2.